The number of methoxy groups -OCH3 is 2. The van der Waals surface area contributed by atoms with Crippen LogP contribution in [0.15, 0.2) is 47.4 Å². The second-order valence-corrected chi connectivity index (χ2v) is 18.8. The second kappa shape index (κ2) is 17.2. The lowest BCUT2D eigenvalue weighted by molar-refractivity contribution is -0.136. The van der Waals surface area contributed by atoms with Gasteiger partial charge in [0.25, 0.3) is 23.3 Å². The van der Waals surface area contributed by atoms with Crippen LogP contribution in [0.2, 0.25) is 0 Å². The number of nitrogens with zero attached hydrogens (tertiary/aromatic N) is 6. The molecule has 2 aromatic heterocycles. The number of carbonyl (C=O) groups excluding carboxylic acids is 5. The normalized spacial score (nSPS) is 22.9. The van der Waals surface area contributed by atoms with Crippen molar-refractivity contribution in [2.24, 2.45) is 18.9 Å². The van der Waals surface area contributed by atoms with Crippen molar-refractivity contribution in [1.29, 1.82) is 0 Å². The lowest BCUT2D eigenvalue weighted by Gasteiger charge is -2.37. The number of aromatic nitrogens is 1. The van der Waals surface area contributed by atoms with Gasteiger partial charge in [-0.25, -0.2) is 0 Å². The predicted molar refractivity (Wildman–Crippen MR) is 239 cm³/mol. The molecule has 4 aliphatic heterocycles. The molecule has 17 heteroatoms. The fourth-order valence-electron chi connectivity index (χ4n) is 10.3. The molecule has 0 bridgehead atoms. The molecule has 5 aliphatic rings. The van der Waals surface area contributed by atoms with Crippen molar-refractivity contribution in [2.75, 3.05) is 85.6 Å². The molecule has 0 radical (unpaired) electrons. The minimum Gasteiger partial charge on any atom is -0.496 e. The molecule has 332 valence electrons. The first-order chi connectivity index (χ1) is 30.3. The molecule has 1 aliphatic carbocycles. The number of rotatable bonds is 12. The Morgan fingerprint density at radius 3 is 2.27 bits per heavy atom. The van der Waals surface area contributed by atoms with E-state index < -0.39 is 29.7 Å². The molecule has 16 nitrogen and oxygen atoms in total. The molecule has 1 saturated carbocycles. The number of aryl methyl sites for hydroxylation is 1. The molecule has 9 rings (SSSR count). The van der Waals surface area contributed by atoms with E-state index in [1.807, 2.05) is 43.4 Å². The van der Waals surface area contributed by atoms with Crippen molar-refractivity contribution in [3.8, 4) is 22.6 Å². The Hall–Kier alpha value is -5.62. The minimum absolute atomic E-state index is 0.0620. The number of likely N-dealkylation sites (tertiary alicyclic amines) is 1. The van der Waals surface area contributed by atoms with Crippen molar-refractivity contribution in [2.45, 2.75) is 44.3 Å². The highest BCUT2D eigenvalue weighted by Gasteiger charge is 2.45. The molecule has 4 atom stereocenters. The smallest absolute Gasteiger partial charge is 0.262 e. The number of imide groups is 2. The Morgan fingerprint density at radius 1 is 0.857 bits per heavy atom. The van der Waals surface area contributed by atoms with Crippen LogP contribution in [0.25, 0.3) is 21.2 Å². The van der Waals surface area contributed by atoms with Crippen LogP contribution in [0.3, 0.4) is 0 Å². The van der Waals surface area contributed by atoms with Crippen molar-refractivity contribution in [1.82, 2.24) is 34.8 Å². The summed E-state index contributed by atoms with van der Waals surface area (Å²) >= 11 is 1.35. The van der Waals surface area contributed by atoms with Gasteiger partial charge in [-0.15, -0.1) is 11.3 Å². The van der Waals surface area contributed by atoms with Gasteiger partial charge in [-0.3, -0.25) is 43.9 Å². The van der Waals surface area contributed by atoms with E-state index >= 15 is 0 Å². The molecule has 6 heterocycles. The summed E-state index contributed by atoms with van der Waals surface area (Å²) in [5, 5.41) is 6.13. The average Bonchev–Trinajstić information content (AvgIpc) is 4.05. The van der Waals surface area contributed by atoms with Gasteiger partial charge in [-0.2, -0.15) is 0 Å². The van der Waals surface area contributed by atoms with Crippen LogP contribution in [-0.2, 0) is 23.2 Å². The third-order valence-corrected chi connectivity index (χ3v) is 14.8. The van der Waals surface area contributed by atoms with E-state index in [4.69, 9.17) is 9.47 Å². The molecule has 2 N–H and O–H groups in total. The van der Waals surface area contributed by atoms with Crippen LogP contribution < -0.4 is 30.6 Å². The first-order valence-corrected chi connectivity index (χ1v) is 22.5. The van der Waals surface area contributed by atoms with Crippen LogP contribution in [0.1, 0.15) is 61.6 Å². The van der Waals surface area contributed by atoms with E-state index in [9.17, 15) is 28.8 Å². The third-order valence-electron chi connectivity index (χ3n) is 13.6. The number of ether oxygens (including phenoxy) is 2. The van der Waals surface area contributed by atoms with Gasteiger partial charge in [-0.05, 0) is 87.2 Å². The van der Waals surface area contributed by atoms with Crippen LogP contribution in [0, 0.1) is 11.8 Å². The summed E-state index contributed by atoms with van der Waals surface area (Å²) in [5.74, 6) is 0.112. The molecular weight excluding hydrogens is 825 g/mol. The number of carbonyl (C=O) groups is 5. The maximum absolute atomic E-state index is 13.9. The zero-order valence-electron chi connectivity index (χ0n) is 36.4. The number of benzene rings is 2. The highest BCUT2D eigenvalue weighted by atomic mass is 32.1. The number of hydrogen-bond acceptors (Lipinski definition) is 13. The fraction of sp³-hybridized carbons (Fsp3) is 0.478. The Labute approximate surface area is 369 Å². The van der Waals surface area contributed by atoms with Gasteiger partial charge < -0.3 is 34.1 Å². The van der Waals surface area contributed by atoms with E-state index in [1.54, 1.807) is 44.0 Å². The number of anilines is 1. The molecule has 5 amide bonds. The summed E-state index contributed by atoms with van der Waals surface area (Å²) in [6.45, 7) is 7.69. The van der Waals surface area contributed by atoms with E-state index in [-0.39, 0.29) is 35.9 Å². The van der Waals surface area contributed by atoms with Gasteiger partial charge in [0.15, 0.2) is 0 Å². The van der Waals surface area contributed by atoms with E-state index in [2.05, 4.69) is 25.3 Å². The van der Waals surface area contributed by atoms with Crippen LogP contribution in [-0.4, -0.2) is 146 Å². The SMILES string of the molecule is COc1cc(-c2cn(C)c(=O)c3cc(C(=O)NC4CCC5CN(CCN6CCN(c7ccc8c(c7)C(=O)N(C7CCC(=O)NC7=O)C8=O)CC6)CC54)sc23)cc(OC)c1CN(C)C. The Morgan fingerprint density at radius 2 is 1.57 bits per heavy atom. The van der Waals surface area contributed by atoms with Crippen LogP contribution in [0.5, 0.6) is 11.5 Å². The Bertz CT molecular complexity index is 2550. The number of nitrogens with one attached hydrogen (secondary N) is 2. The van der Waals surface area contributed by atoms with Gasteiger partial charge in [0.1, 0.15) is 17.5 Å². The summed E-state index contributed by atoms with van der Waals surface area (Å²) in [5.41, 5.74) is 3.88. The zero-order chi connectivity index (χ0) is 44.3. The average molecular weight is 879 g/mol. The van der Waals surface area contributed by atoms with Crippen LogP contribution in [0.4, 0.5) is 5.69 Å². The topological polar surface area (TPSA) is 166 Å². The number of thiophene rings is 1. The lowest BCUT2D eigenvalue weighted by atomic mass is 9.98. The van der Waals surface area contributed by atoms with E-state index in [0.29, 0.717) is 45.7 Å². The summed E-state index contributed by atoms with van der Waals surface area (Å²) in [7, 11) is 8.98. The molecule has 63 heavy (non-hydrogen) atoms. The standard InChI is InChI=1S/C46H54N8O8S/c1-49(2)23-34-37(61-4)18-27(19-38(34)62-5)33-24-50(3)44(58)31-21-39(63-41(31)33)43(57)47-35-9-6-26-22-52(25-32(26)35)13-12-51-14-16-53(17-15-51)28-7-8-29-30(20-28)46(60)54(45(29)59)36-10-11-40(55)48-42(36)56/h7-8,18-21,24,26,32,35-36H,6,9-17,22-23,25H2,1-5H3,(H,47,57)(H,48,55,56). The third kappa shape index (κ3) is 8.00. The first kappa shape index (κ1) is 42.7. The van der Waals surface area contributed by atoms with Crippen LogP contribution >= 0.6 is 11.3 Å². The highest BCUT2D eigenvalue weighted by molar-refractivity contribution is 7.21. The minimum atomic E-state index is -0.985. The molecule has 4 fully saturated rings. The number of pyridine rings is 1. The van der Waals surface area contributed by atoms with Gasteiger partial charge >= 0.3 is 0 Å². The summed E-state index contributed by atoms with van der Waals surface area (Å²) < 4.78 is 13.9. The summed E-state index contributed by atoms with van der Waals surface area (Å²) in [6, 6.07) is 10.1. The number of hydrogen-bond donors (Lipinski definition) is 2. The first-order valence-electron chi connectivity index (χ1n) is 21.7. The zero-order valence-corrected chi connectivity index (χ0v) is 37.2. The number of amides is 5. The molecule has 3 saturated heterocycles. The molecule has 4 aromatic rings. The number of piperazine rings is 1. The van der Waals surface area contributed by atoms with Crippen molar-refractivity contribution < 1.29 is 33.4 Å². The van der Waals surface area contributed by atoms with Gasteiger partial charge in [0.2, 0.25) is 11.8 Å². The van der Waals surface area contributed by atoms with E-state index in [0.717, 1.165) is 97.2 Å². The Balaban J connectivity index is 0.799. The van der Waals surface area contributed by atoms with Crippen molar-refractivity contribution in [3.05, 3.63) is 74.5 Å². The second-order valence-electron chi connectivity index (χ2n) is 17.8. The molecule has 2 aromatic carbocycles. The van der Waals surface area contributed by atoms with Crippen molar-refractivity contribution in [3.63, 3.8) is 0 Å². The monoisotopic (exact) mass is 878 g/mol. The molecule has 0 spiro atoms. The lowest BCUT2D eigenvalue weighted by Crippen LogP contribution is -2.54. The molecule has 4 unspecified atom stereocenters. The number of fused-ring (bicyclic) bond motifs is 3. The predicted octanol–water partition coefficient (Wildman–Crippen LogP) is 3.01. The largest absolute Gasteiger partial charge is 0.496 e. The summed E-state index contributed by atoms with van der Waals surface area (Å²) in [4.78, 5) is 88.8. The van der Waals surface area contributed by atoms with E-state index in [1.165, 1.54) is 11.3 Å². The maximum Gasteiger partial charge on any atom is 0.262 e. The van der Waals surface area contributed by atoms with Gasteiger partial charge in [-0.1, -0.05) is 0 Å². The summed E-state index contributed by atoms with van der Waals surface area (Å²) in [6.07, 6.45) is 4.03. The highest BCUT2D eigenvalue weighted by Crippen LogP contribution is 2.41. The number of piperidine rings is 1. The fourth-order valence-corrected chi connectivity index (χ4v) is 11.4. The quantitative estimate of drug-likeness (QED) is 0.200. The maximum atomic E-state index is 13.9. The Kier molecular flexibility index (Phi) is 11.6. The van der Waals surface area contributed by atoms with Gasteiger partial charge in [0.05, 0.1) is 41.2 Å². The molecular formula is C46H54N8O8S. The van der Waals surface area contributed by atoms with Crippen molar-refractivity contribution >= 4 is 56.6 Å². The van der Waals surface area contributed by atoms with Gasteiger partial charge in [0, 0.05) is 101 Å².